The maximum absolute atomic E-state index is 12.8. The fourth-order valence-corrected chi connectivity index (χ4v) is 3.56. The third kappa shape index (κ3) is 3.29. The summed E-state index contributed by atoms with van der Waals surface area (Å²) in [5, 5.41) is 9.33. The minimum Gasteiger partial charge on any atom is -0.308 e. The number of nitrogens with zero attached hydrogens (tertiary/aromatic N) is 5. The number of aromatic nitrogens is 2. The van der Waals surface area contributed by atoms with Crippen molar-refractivity contribution >= 4 is 17.2 Å². The third-order valence-corrected chi connectivity index (χ3v) is 5.06. The van der Waals surface area contributed by atoms with Gasteiger partial charge in [0.15, 0.2) is 0 Å². The van der Waals surface area contributed by atoms with E-state index >= 15 is 0 Å². The third-order valence-electron chi connectivity index (χ3n) is 5.06. The molecule has 1 aliphatic rings. The van der Waals surface area contributed by atoms with Crippen LogP contribution in [0.2, 0.25) is 0 Å². The monoisotopic (exact) mass is 359 g/mol. The van der Waals surface area contributed by atoms with Crippen LogP contribution in [0.25, 0.3) is 5.65 Å². The number of pyridine rings is 1. The minimum absolute atomic E-state index is 0.00964. The second-order valence-corrected chi connectivity index (χ2v) is 7.09. The molecule has 0 bridgehead atoms. The van der Waals surface area contributed by atoms with Gasteiger partial charge in [-0.05, 0) is 43.7 Å². The first-order valence-electron chi connectivity index (χ1n) is 9.03. The van der Waals surface area contributed by atoms with Gasteiger partial charge in [-0.25, -0.2) is 4.98 Å². The van der Waals surface area contributed by atoms with Crippen LogP contribution >= 0.6 is 0 Å². The van der Waals surface area contributed by atoms with Crippen LogP contribution in [0.5, 0.6) is 0 Å². The molecule has 27 heavy (non-hydrogen) atoms. The van der Waals surface area contributed by atoms with E-state index in [1.54, 1.807) is 11.0 Å². The zero-order chi connectivity index (χ0) is 19.0. The van der Waals surface area contributed by atoms with E-state index in [4.69, 9.17) is 0 Å². The van der Waals surface area contributed by atoms with Gasteiger partial charge in [0.2, 0.25) is 5.91 Å². The summed E-state index contributed by atoms with van der Waals surface area (Å²) >= 11 is 0. The Morgan fingerprint density at radius 2 is 2.11 bits per heavy atom. The molecule has 1 amide bonds. The summed E-state index contributed by atoms with van der Waals surface area (Å²) in [4.78, 5) is 21.3. The van der Waals surface area contributed by atoms with Crippen LogP contribution in [-0.4, -0.2) is 39.3 Å². The zero-order valence-corrected chi connectivity index (χ0v) is 15.5. The lowest BCUT2D eigenvalue weighted by atomic mass is 10.1. The fourth-order valence-electron chi connectivity index (χ4n) is 3.56. The molecular formula is C21H21N5O. The van der Waals surface area contributed by atoms with E-state index in [0.717, 1.165) is 11.3 Å². The first kappa shape index (κ1) is 17.3. The zero-order valence-electron chi connectivity index (χ0n) is 15.5. The molecule has 0 spiro atoms. The Bertz CT molecular complexity index is 1050. The number of fused-ring (bicyclic) bond motifs is 1. The first-order chi connectivity index (χ1) is 13.0. The number of imidazole rings is 1. The Balaban J connectivity index is 1.53. The van der Waals surface area contributed by atoms with E-state index in [2.05, 4.69) is 35.0 Å². The first-order valence-corrected chi connectivity index (χ1v) is 9.03. The van der Waals surface area contributed by atoms with Crippen LogP contribution in [0.15, 0.2) is 48.8 Å². The van der Waals surface area contributed by atoms with Gasteiger partial charge in [-0.3, -0.25) is 9.69 Å². The van der Waals surface area contributed by atoms with Crippen LogP contribution in [0.1, 0.15) is 23.7 Å². The number of aryl methyl sites for hydroxylation is 1. The lowest BCUT2D eigenvalue weighted by molar-refractivity contribution is -0.122. The second kappa shape index (κ2) is 6.86. The molecule has 1 aliphatic heterocycles. The van der Waals surface area contributed by atoms with Crippen LogP contribution in [-0.2, 0) is 11.3 Å². The Morgan fingerprint density at radius 1 is 1.30 bits per heavy atom. The van der Waals surface area contributed by atoms with Gasteiger partial charge in [0.1, 0.15) is 11.7 Å². The molecule has 0 radical (unpaired) electrons. The number of hydrogen-bond acceptors (Lipinski definition) is 4. The minimum atomic E-state index is 0.00964. The van der Waals surface area contributed by atoms with Crippen molar-refractivity contribution in [3.63, 3.8) is 0 Å². The Morgan fingerprint density at radius 3 is 2.93 bits per heavy atom. The molecule has 0 aliphatic carbocycles. The molecule has 0 unspecified atom stereocenters. The van der Waals surface area contributed by atoms with Crippen molar-refractivity contribution in [2.24, 2.45) is 0 Å². The summed E-state index contributed by atoms with van der Waals surface area (Å²) in [5.74, 6) is 0.00964. The van der Waals surface area contributed by atoms with Gasteiger partial charge >= 0.3 is 0 Å². The quantitative estimate of drug-likeness (QED) is 0.721. The average molecular weight is 359 g/mol. The maximum atomic E-state index is 12.8. The summed E-state index contributed by atoms with van der Waals surface area (Å²) in [6.45, 7) is 5.65. The highest BCUT2D eigenvalue weighted by Crippen LogP contribution is 2.24. The number of amides is 1. The van der Waals surface area contributed by atoms with E-state index in [0.29, 0.717) is 30.9 Å². The molecule has 4 rings (SSSR count). The number of piperazine rings is 1. The smallest absolute Gasteiger partial charge is 0.241 e. The number of anilines is 1. The fraction of sp³-hybridized carbons (Fsp3) is 0.286. The van der Waals surface area contributed by atoms with Crippen LogP contribution in [0.3, 0.4) is 0 Å². The lowest BCUT2D eigenvalue weighted by Gasteiger charge is -2.39. The molecule has 1 atom stereocenters. The molecule has 1 fully saturated rings. The Labute approximate surface area is 158 Å². The highest BCUT2D eigenvalue weighted by molar-refractivity contribution is 5.96. The predicted molar refractivity (Wildman–Crippen MR) is 103 cm³/mol. The lowest BCUT2D eigenvalue weighted by Crippen LogP contribution is -2.55. The molecule has 136 valence electrons. The van der Waals surface area contributed by atoms with Crippen LogP contribution in [0.4, 0.5) is 5.69 Å². The molecule has 6 heteroatoms. The van der Waals surface area contributed by atoms with Gasteiger partial charge in [-0.15, -0.1) is 0 Å². The topological polar surface area (TPSA) is 64.6 Å². The Kier molecular flexibility index (Phi) is 4.38. The second-order valence-electron chi connectivity index (χ2n) is 7.09. The largest absolute Gasteiger partial charge is 0.308 e. The molecule has 0 saturated carbocycles. The van der Waals surface area contributed by atoms with Crippen LogP contribution < -0.4 is 4.90 Å². The summed E-state index contributed by atoms with van der Waals surface area (Å²) in [5.41, 5.74) is 4.27. The van der Waals surface area contributed by atoms with Crippen molar-refractivity contribution in [2.75, 3.05) is 18.0 Å². The van der Waals surface area contributed by atoms with Crippen LogP contribution in [0, 0.1) is 18.3 Å². The number of benzene rings is 1. The van der Waals surface area contributed by atoms with E-state index in [1.165, 1.54) is 5.56 Å². The van der Waals surface area contributed by atoms with Crippen molar-refractivity contribution in [1.29, 1.82) is 5.26 Å². The summed E-state index contributed by atoms with van der Waals surface area (Å²) in [7, 11) is 0. The highest BCUT2D eigenvalue weighted by Gasteiger charge is 2.31. The molecule has 1 saturated heterocycles. The van der Waals surface area contributed by atoms with Gasteiger partial charge < -0.3 is 9.30 Å². The Hall–Kier alpha value is -3.17. The molecule has 3 heterocycles. The van der Waals surface area contributed by atoms with Crippen molar-refractivity contribution < 1.29 is 4.79 Å². The highest BCUT2D eigenvalue weighted by atomic mass is 16.2. The van der Waals surface area contributed by atoms with E-state index < -0.39 is 0 Å². The van der Waals surface area contributed by atoms with E-state index in [1.807, 2.05) is 41.9 Å². The average Bonchev–Trinajstić information content (AvgIpc) is 3.05. The number of rotatable bonds is 3. The number of para-hydroxylation sites is 1. The summed E-state index contributed by atoms with van der Waals surface area (Å²) in [6, 6.07) is 13.7. The SMILES string of the molecule is Cc1ccn2cc(CN3CC(=O)N(c4ccccc4C#N)C[C@H]3C)nc2c1. The van der Waals surface area contributed by atoms with Gasteiger partial charge in [0.25, 0.3) is 0 Å². The van der Waals surface area contributed by atoms with Gasteiger partial charge in [0, 0.05) is 31.5 Å². The van der Waals surface area contributed by atoms with Crippen molar-refractivity contribution in [3.05, 3.63) is 65.6 Å². The maximum Gasteiger partial charge on any atom is 0.241 e. The van der Waals surface area contributed by atoms with Gasteiger partial charge in [-0.2, -0.15) is 5.26 Å². The normalized spacial score (nSPS) is 18.0. The number of hydrogen-bond donors (Lipinski definition) is 0. The van der Waals surface area contributed by atoms with Crippen molar-refractivity contribution in [3.8, 4) is 6.07 Å². The van der Waals surface area contributed by atoms with Crippen molar-refractivity contribution in [2.45, 2.75) is 26.4 Å². The van der Waals surface area contributed by atoms with Crippen molar-refractivity contribution in [1.82, 2.24) is 14.3 Å². The summed E-state index contributed by atoms with van der Waals surface area (Å²) < 4.78 is 2.01. The van der Waals surface area contributed by atoms with Gasteiger partial charge in [0.05, 0.1) is 23.5 Å². The molecule has 1 aromatic carbocycles. The number of carbonyl (C=O) groups is 1. The molecule has 6 nitrogen and oxygen atoms in total. The molecular weight excluding hydrogens is 338 g/mol. The van der Waals surface area contributed by atoms with E-state index in [9.17, 15) is 10.1 Å². The molecule has 3 aromatic rings. The number of nitriles is 1. The summed E-state index contributed by atoms with van der Waals surface area (Å²) in [6.07, 6.45) is 4.02. The van der Waals surface area contributed by atoms with E-state index in [-0.39, 0.29) is 11.9 Å². The standard InChI is InChI=1S/C21H21N5O/c1-15-7-8-24-12-18(23-20(24)9-15)13-25-14-21(27)26(11-16(25)2)19-6-4-3-5-17(19)10-22/h3-9,12,16H,11,13-14H2,1-2H3/t16-/m1/s1. The van der Waals surface area contributed by atoms with Gasteiger partial charge in [-0.1, -0.05) is 12.1 Å². The molecule has 0 N–H and O–H groups in total. The number of carbonyl (C=O) groups excluding carboxylic acids is 1. The predicted octanol–water partition coefficient (Wildman–Crippen LogP) is 2.75. The molecule has 2 aromatic heterocycles.